The van der Waals surface area contributed by atoms with Crippen LogP contribution in [-0.2, 0) is 54.4 Å². The van der Waals surface area contributed by atoms with Crippen molar-refractivity contribution in [3.05, 3.63) is 60.2 Å². The highest BCUT2D eigenvalue weighted by molar-refractivity contribution is 6.03. The van der Waals surface area contributed by atoms with Gasteiger partial charge in [-0.2, -0.15) is 0 Å². The first-order chi connectivity index (χ1) is 37.2. The van der Waals surface area contributed by atoms with Crippen molar-refractivity contribution in [2.75, 3.05) is 85.1 Å². The number of benzene rings is 3. The van der Waals surface area contributed by atoms with Gasteiger partial charge < -0.3 is 73.2 Å². The summed E-state index contributed by atoms with van der Waals surface area (Å²) in [7, 11) is 0. The first-order valence-electron chi connectivity index (χ1n) is 25.5. The summed E-state index contributed by atoms with van der Waals surface area (Å²) in [5.41, 5.74) is 0.756. The Labute approximate surface area is 448 Å². The van der Waals surface area contributed by atoms with Crippen molar-refractivity contribution >= 4 is 87.0 Å². The largest absolute Gasteiger partial charge is 0.481 e. The molecule has 0 spiro atoms. The number of nitrogens with one attached hydrogen (secondary N) is 8. The molecular weight excluding hydrogens is 1020 g/mol. The van der Waals surface area contributed by atoms with Gasteiger partial charge in [-0.05, 0) is 77.6 Å². The zero-order chi connectivity index (χ0) is 57.1. The van der Waals surface area contributed by atoms with Crippen molar-refractivity contribution < 1.29 is 83.4 Å². The molecule has 0 bridgehead atoms. The summed E-state index contributed by atoms with van der Waals surface area (Å²) in [6.45, 7) is -0.712. The van der Waals surface area contributed by atoms with E-state index >= 15 is 0 Å². The molecule has 1 fully saturated rings. The Kier molecular flexibility index (Phi) is 26.1. The quantitative estimate of drug-likeness (QED) is 0.0237. The Morgan fingerprint density at radius 1 is 0.551 bits per heavy atom. The van der Waals surface area contributed by atoms with Gasteiger partial charge in [-0.15, -0.1) is 0 Å². The number of nitrogens with zero attached hydrogens (tertiary/aromatic N) is 2. The number of carbonyl (C=O) groups is 11. The minimum Gasteiger partial charge on any atom is -0.481 e. The lowest BCUT2D eigenvalue weighted by Gasteiger charge is -2.30. The fourth-order valence-electron chi connectivity index (χ4n) is 8.90. The molecule has 4 rings (SSSR count). The third-order valence-electron chi connectivity index (χ3n) is 13.0. The SMILES string of the molecule is O=C(O)CCC[C@H](NC(=O)N[C@@H](CNC(=O)CNC(=O)[C@H](Cc1c2ccccc2cc2ccccc12)NC(=O)C1CCC(CNC(=O)CN(CCNCC(=O)O)CCN(CCNCC(=O)O)CC(=O)O)CC1)C(=O)O)C(=O)O. The molecule has 0 aromatic heterocycles. The number of rotatable bonds is 36. The van der Waals surface area contributed by atoms with Crippen molar-refractivity contribution in [2.24, 2.45) is 11.8 Å². The minimum atomic E-state index is -1.75. The molecule has 3 aromatic carbocycles. The maximum Gasteiger partial charge on any atom is 0.328 e. The Bertz CT molecular complexity index is 2540. The predicted molar refractivity (Wildman–Crippen MR) is 279 cm³/mol. The minimum absolute atomic E-state index is 0.00439. The number of amides is 6. The van der Waals surface area contributed by atoms with Crippen LogP contribution >= 0.6 is 0 Å². The summed E-state index contributed by atoms with van der Waals surface area (Å²) in [6, 6.07) is 11.4. The third kappa shape index (κ3) is 22.7. The summed E-state index contributed by atoms with van der Waals surface area (Å²) in [5, 5.41) is 79.1. The average molecular weight is 1100 g/mol. The number of hydrogen-bond acceptors (Lipinski definition) is 15. The molecule has 3 atom stereocenters. The predicted octanol–water partition coefficient (Wildman–Crippen LogP) is -1.33. The molecule has 14 N–H and O–H groups in total. The molecule has 3 aromatic rings. The summed E-state index contributed by atoms with van der Waals surface area (Å²) in [5.74, 6) is -10.3. The van der Waals surface area contributed by atoms with Crippen molar-refractivity contribution in [1.82, 2.24) is 52.3 Å². The van der Waals surface area contributed by atoms with Crippen LogP contribution in [0.3, 0.4) is 0 Å². The van der Waals surface area contributed by atoms with Gasteiger partial charge in [-0.3, -0.25) is 48.2 Å². The molecular formula is C51H70N10O17. The summed E-state index contributed by atoms with van der Waals surface area (Å²) in [4.78, 5) is 138. The van der Waals surface area contributed by atoms with Gasteiger partial charge in [0.1, 0.15) is 18.1 Å². The monoisotopic (exact) mass is 1090 g/mol. The molecule has 1 aliphatic carbocycles. The highest BCUT2D eigenvalue weighted by atomic mass is 16.4. The average Bonchev–Trinajstić information content (AvgIpc) is 3.45. The van der Waals surface area contributed by atoms with E-state index in [0.29, 0.717) is 25.7 Å². The van der Waals surface area contributed by atoms with Gasteiger partial charge in [0, 0.05) is 71.1 Å². The first kappa shape index (κ1) is 62.5. The number of aliphatic carboxylic acids is 6. The lowest BCUT2D eigenvalue weighted by Crippen LogP contribution is -2.55. The van der Waals surface area contributed by atoms with Crippen LogP contribution in [0.5, 0.6) is 0 Å². The summed E-state index contributed by atoms with van der Waals surface area (Å²) < 4.78 is 0. The van der Waals surface area contributed by atoms with Gasteiger partial charge in [0.05, 0.1) is 32.7 Å². The fourth-order valence-corrected chi connectivity index (χ4v) is 8.90. The zero-order valence-electron chi connectivity index (χ0n) is 43.0. The van der Waals surface area contributed by atoms with Crippen LogP contribution in [-0.4, -0.2) is 209 Å². The van der Waals surface area contributed by atoms with Crippen LogP contribution in [0.2, 0.25) is 0 Å². The van der Waals surface area contributed by atoms with Crippen LogP contribution < -0.4 is 42.5 Å². The molecule has 1 saturated carbocycles. The molecule has 0 radical (unpaired) electrons. The summed E-state index contributed by atoms with van der Waals surface area (Å²) >= 11 is 0. The Hall–Kier alpha value is -8.01. The van der Waals surface area contributed by atoms with Gasteiger partial charge in [0.15, 0.2) is 0 Å². The lowest BCUT2D eigenvalue weighted by molar-refractivity contribution is -0.141. The van der Waals surface area contributed by atoms with Gasteiger partial charge in [-0.1, -0.05) is 48.5 Å². The van der Waals surface area contributed by atoms with Crippen LogP contribution in [0.4, 0.5) is 4.79 Å². The van der Waals surface area contributed by atoms with Crippen LogP contribution in [0.15, 0.2) is 54.6 Å². The molecule has 27 nitrogen and oxygen atoms in total. The van der Waals surface area contributed by atoms with Crippen molar-refractivity contribution in [1.29, 1.82) is 0 Å². The molecule has 78 heavy (non-hydrogen) atoms. The highest BCUT2D eigenvalue weighted by Gasteiger charge is 2.32. The second kappa shape index (κ2) is 32.5. The van der Waals surface area contributed by atoms with E-state index in [9.17, 15) is 68.1 Å². The molecule has 0 unspecified atom stereocenters. The van der Waals surface area contributed by atoms with Crippen LogP contribution in [0.25, 0.3) is 21.5 Å². The van der Waals surface area contributed by atoms with Gasteiger partial charge in [0.25, 0.3) is 0 Å². The normalized spacial score (nSPS) is 15.4. The second-order valence-corrected chi connectivity index (χ2v) is 18.9. The number of fused-ring (bicyclic) bond motifs is 2. The zero-order valence-corrected chi connectivity index (χ0v) is 43.0. The number of carbonyl (C=O) groups excluding carboxylic acids is 5. The lowest BCUT2D eigenvalue weighted by atomic mass is 9.81. The van der Waals surface area contributed by atoms with Crippen molar-refractivity contribution in [3.8, 4) is 0 Å². The molecule has 0 aliphatic heterocycles. The number of urea groups is 1. The van der Waals surface area contributed by atoms with Gasteiger partial charge >= 0.3 is 41.8 Å². The van der Waals surface area contributed by atoms with Crippen molar-refractivity contribution in [3.63, 3.8) is 0 Å². The Morgan fingerprint density at radius 2 is 1.10 bits per heavy atom. The van der Waals surface area contributed by atoms with E-state index in [-0.39, 0.29) is 110 Å². The maximum atomic E-state index is 14.1. The van der Waals surface area contributed by atoms with Crippen LogP contribution in [0.1, 0.15) is 50.5 Å². The van der Waals surface area contributed by atoms with E-state index < -0.39 is 96.7 Å². The molecule has 426 valence electrons. The van der Waals surface area contributed by atoms with E-state index in [1.54, 1.807) is 9.80 Å². The van der Waals surface area contributed by atoms with E-state index in [1.807, 2.05) is 54.6 Å². The third-order valence-corrected chi connectivity index (χ3v) is 13.0. The van der Waals surface area contributed by atoms with E-state index in [0.717, 1.165) is 27.1 Å². The highest BCUT2D eigenvalue weighted by Crippen LogP contribution is 2.31. The number of hydrogen-bond donors (Lipinski definition) is 14. The van der Waals surface area contributed by atoms with Gasteiger partial charge in [-0.25, -0.2) is 14.4 Å². The Morgan fingerprint density at radius 3 is 1.64 bits per heavy atom. The van der Waals surface area contributed by atoms with E-state index in [1.165, 1.54) is 0 Å². The smallest absolute Gasteiger partial charge is 0.328 e. The fraction of sp³-hybridized carbons (Fsp3) is 0.510. The standard InChI is InChI=1S/C51H70N10O17/c62-41(55-25-40(50(76)77)59-51(78)58-38(49(74)75)10-5-11-43(64)65)26-56-48(73)39(23-37-35-8-3-1-6-33(35)22-34-7-2-4-9-36(34)37)57-47(72)32-14-12-31(13-15-32)24-54-42(63)29-60(18-16-52-27-44(66)67)20-21-61(30-46(70)71)19-17-53-28-45(68)69/h1-4,6-9,22,31-32,38-40,52-53H,5,10-21,23-30H2,(H,54,63)(H,55,62)(H,56,73)(H,57,72)(H,64,65)(H,66,67)(H,68,69)(H,70,71)(H,74,75)(H,76,77)(H2,58,59,78)/t31?,32?,38-,39-,40-/m0/s1. The maximum absolute atomic E-state index is 14.1. The molecule has 6 amide bonds. The molecule has 1 aliphatic rings. The molecule has 0 heterocycles. The number of carboxylic acid groups (broad SMARTS) is 6. The first-order valence-corrected chi connectivity index (χ1v) is 25.5. The topological polar surface area (TPSA) is 412 Å². The van der Waals surface area contributed by atoms with E-state index in [2.05, 4.69) is 42.5 Å². The molecule has 0 saturated heterocycles. The van der Waals surface area contributed by atoms with E-state index in [4.69, 9.17) is 15.3 Å². The molecule has 27 heteroatoms. The van der Waals surface area contributed by atoms with Crippen LogP contribution in [0, 0.1) is 11.8 Å². The van der Waals surface area contributed by atoms with Crippen molar-refractivity contribution in [2.45, 2.75) is 69.5 Å². The summed E-state index contributed by atoms with van der Waals surface area (Å²) in [6.07, 6.45) is 1.23. The Balaban J connectivity index is 1.38. The van der Waals surface area contributed by atoms with Gasteiger partial charge in [0.2, 0.25) is 23.6 Å². The second-order valence-electron chi connectivity index (χ2n) is 18.9. The number of carboxylic acids is 6.